The molecule has 0 saturated carbocycles. The highest BCUT2D eigenvalue weighted by Crippen LogP contribution is 2.29. The molecule has 0 spiro atoms. The number of nitrogens with one attached hydrogen (secondary N) is 1. The summed E-state index contributed by atoms with van der Waals surface area (Å²) in [6.07, 6.45) is -4.49. The Morgan fingerprint density at radius 1 is 1.21 bits per heavy atom. The van der Waals surface area contributed by atoms with Crippen LogP contribution in [0.5, 0.6) is 0 Å². The Labute approximate surface area is 137 Å². The number of benzene rings is 1. The molecule has 0 fully saturated rings. The molecule has 0 aliphatic carbocycles. The highest BCUT2D eigenvalue weighted by molar-refractivity contribution is 5.94. The molecule has 24 heavy (non-hydrogen) atoms. The summed E-state index contributed by atoms with van der Waals surface area (Å²) in [6, 6.07) is 6.00. The summed E-state index contributed by atoms with van der Waals surface area (Å²) in [5.74, 6) is -0.0953. The van der Waals surface area contributed by atoms with Crippen LogP contribution >= 0.6 is 0 Å². The second-order valence-electron chi connectivity index (χ2n) is 5.46. The number of carbonyl (C=O) groups excluding carboxylic acids is 1. The molecule has 0 radical (unpaired) electrons. The number of anilines is 1. The van der Waals surface area contributed by atoms with Crippen molar-refractivity contribution in [2.24, 2.45) is 0 Å². The van der Waals surface area contributed by atoms with Crippen molar-refractivity contribution in [3.63, 3.8) is 0 Å². The lowest BCUT2D eigenvalue weighted by molar-refractivity contribution is -0.137. The van der Waals surface area contributed by atoms with Gasteiger partial charge in [0.05, 0.1) is 17.8 Å². The first-order valence-electron chi connectivity index (χ1n) is 7.14. The summed E-state index contributed by atoms with van der Waals surface area (Å²) >= 11 is 0. The van der Waals surface area contributed by atoms with Gasteiger partial charge in [-0.25, -0.2) is 9.97 Å². The molecule has 0 aliphatic heterocycles. The van der Waals surface area contributed by atoms with Crippen molar-refractivity contribution in [3.8, 4) is 0 Å². The number of hydrogen-bond acceptors (Lipinski definition) is 4. The van der Waals surface area contributed by atoms with Gasteiger partial charge in [0, 0.05) is 25.4 Å². The van der Waals surface area contributed by atoms with Gasteiger partial charge >= 0.3 is 6.18 Å². The zero-order chi connectivity index (χ0) is 17.9. The Morgan fingerprint density at radius 3 is 2.54 bits per heavy atom. The standard InChI is InChI=1S/C16H17F3N4O/c1-10-7-13(22-15(21-10)23(2)3)9-20-14(24)11-5-4-6-12(8-11)16(17,18)19/h4-8H,9H2,1-3H3,(H,20,24). The number of hydrogen-bond donors (Lipinski definition) is 1. The zero-order valence-corrected chi connectivity index (χ0v) is 13.5. The SMILES string of the molecule is Cc1cc(CNC(=O)c2cccc(C(F)(F)F)c2)nc(N(C)C)n1. The molecule has 1 N–H and O–H groups in total. The molecule has 2 aromatic rings. The number of alkyl halides is 3. The number of carbonyl (C=O) groups is 1. The lowest BCUT2D eigenvalue weighted by atomic mass is 10.1. The van der Waals surface area contributed by atoms with Crippen LogP contribution in [-0.2, 0) is 12.7 Å². The lowest BCUT2D eigenvalue weighted by Crippen LogP contribution is -2.24. The third-order valence-corrected chi connectivity index (χ3v) is 3.18. The summed E-state index contributed by atoms with van der Waals surface area (Å²) in [7, 11) is 3.58. The van der Waals surface area contributed by atoms with E-state index in [4.69, 9.17) is 0 Å². The number of aryl methyl sites for hydroxylation is 1. The predicted octanol–water partition coefficient (Wildman–Crippen LogP) is 2.80. The molecule has 1 amide bonds. The van der Waals surface area contributed by atoms with E-state index in [1.165, 1.54) is 12.1 Å². The maximum atomic E-state index is 12.7. The largest absolute Gasteiger partial charge is 0.416 e. The minimum Gasteiger partial charge on any atom is -0.347 e. The Hall–Kier alpha value is -2.64. The maximum Gasteiger partial charge on any atom is 0.416 e. The lowest BCUT2D eigenvalue weighted by Gasteiger charge is -2.13. The van der Waals surface area contributed by atoms with Crippen molar-refractivity contribution in [1.82, 2.24) is 15.3 Å². The van der Waals surface area contributed by atoms with Crippen LogP contribution in [0.1, 0.15) is 27.3 Å². The van der Waals surface area contributed by atoms with Gasteiger partial charge in [0.15, 0.2) is 0 Å². The van der Waals surface area contributed by atoms with Gasteiger partial charge in [-0.2, -0.15) is 13.2 Å². The molecule has 1 aromatic heterocycles. The number of nitrogens with zero attached hydrogens (tertiary/aromatic N) is 3. The summed E-state index contributed by atoms with van der Waals surface area (Å²) < 4.78 is 38.1. The van der Waals surface area contributed by atoms with Gasteiger partial charge in [-0.1, -0.05) is 6.07 Å². The van der Waals surface area contributed by atoms with Crippen molar-refractivity contribution < 1.29 is 18.0 Å². The van der Waals surface area contributed by atoms with Crippen LogP contribution in [0.25, 0.3) is 0 Å². The number of rotatable bonds is 4. The molecule has 128 valence electrons. The van der Waals surface area contributed by atoms with Crippen LogP contribution in [-0.4, -0.2) is 30.0 Å². The smallest absolute Gasteiger partial charge is 0.347 e. The van der Waals surface area contributed by atoms with Crippen molar-refractivity contribution in [1.29, 1.82) is 0 Å². The first-order chi connectivity index (χ1) is 11.2. The minimum atomic E-state index is -4.49. The van der Waals surface area contributed by atoms with Gasteiger partial charge in [-0.15, -0.1) is 0 Å². The van der Waals surface area contributed by atoms with E-state index in [0.29, 0.717) is 11.6 Å². The van der Waals surface area contributed by atoms with E-state index in [-0.39, 0.29) is 12.1 Å². The number of aromatic nitrogens is 2. The average molecular weight is 338 g/mol. The summed E-state index contributed by atoms with van der Waals surface area (Å²) in [5.41, 5.74) is 0.398. The molecule has 1 heterocycles. The maximum absolute atomic E-state index is 12.7. The van der Waals surface area contributed by atoms with Crippen LogP contribution < -0.4 is 10.2 Å². The zero-order valence-electron chi connectivity index (χ0n) is 13.5. The Balaban J connectivity index is 2.11. The van der Waals surface area contributed by atoms with Crippen molar-refractivity contribution in [3.05, 3.63) is 52.8 Å². The first-order valence-corrected chi connectivity index (χ1v) is 7.14. The molecule has 5 nitrogen and oxygen atoms in total. The second kappa shape index (κ2) is 6.86. The summed E-state index contributed by atoms with van der Waals surface area (Å²) in [6.45, 7) is 1.89. The molecular weight excluding hydrogens is 321 g/mol. The first kappa shape index (κ1) is 17.7. The third kappa shape index (κ3) is 4.43. The molecule has 0 bridgehead atoms. The molecule has 0 atom stereocenters. The fourth-order valence-electron chi connectivity index (χ4n) is 2.02. The molecule has 0 unspecified atom stereocenters. The van der Waals surface area contributed by atoms with E-state index in [2.05, 4.69) is 15.3 Å². The molecule has 0 saturated heterocycles. The number of amides is 1. The van der Waals surface area contributed by atoms with Gasteiger partial charge in [0.1, 0.15) is 0 Å². The van der Waals surface area contributed by atoms with Gasteiger partial charge < -0.3 is 10.2 Å². The van der Waals surface area contributed by atoms with E-state index in [0.717, 1.165) is 17.8 Å². The highest BCUT2D eigenvalue weighted by Gasteiger charge is 2.30. The predicted molar refractivity (Wildman–Crippen MR) is 83.7 cm³/mol. The van der Waals surface area contributed by atoms with E-state index >= 15 is 0 Å². The van der Waals surface area contributed by atoms with Crippen molar-refractivity contribution in [2.45, 2.75) is 19.6 Å². The van der Waals surface area contributed by atoms with Gasteiger partial charge in [-0.05, 0) is 31.2 Å². The van der Waals surface area contributed by atoms with Crippen LogP contribution in [0.3, 0.4) is 0 Å². The van der Waals surface area contributed by atoms with E-state index in [1.807, 2.05) is 0 Å². The van der Waals surface area contributed by atoms with Crippen molar-refractivity contribution in [2.75, 3.05) is 19.0 Å². The van der Waals surface area contributed by atoms with Gasteiger partial charge in [0.2, 0.25) is 5.95 Å². The molecule has 1 aromatic carbocycles. The van der Waals surface area contributed by atoms with E-state index in [9.17, 15) is 18.0 Å². The Kier molecular flexibility index (Phi) is 5.06. The van der Waals surface area contributed by atoms with Crippen LogP contribution in [0.4, 0.5) is 19.1 Å². The fourth-order valence-corrected chi connectivity index (χ4v) is 2.02. The normalized spacial score (nSPS) is 11.2. The summed E-state index contributed by atoms with van der Waals surface area (Å²) in [5, 5.41) is 2.57. The van der Waals surface area contributed by atoms with Crippen LogP contribution in [0, 0.1) is 6.92 Å². The van der Waals surface area contributed by atoms with Crippen LogP contribution in [0.15, 0.2) is 30.3 Å². The molecule has 8 heteroatoms. The fraction of sp³-hybridized carbons (Fsp3) is 0.312. The molecule has 2 rings (SSSR count). The highest BCUT2D eigenvalue weighted by atomic mass is 19.4. The summed E-state index contributed by atoms with van der Waals surface area (Å²) in [4.78, 5) is 22.3. The molecule has 0 aliphatic rings. The second-order valence-corrected chi connectivity index (χ2v) is 5.46. The van der Waals surface area contributed by atoms with Gasteiger partial charge in [-0.3, -0.25) is 4.79 Å². The van der Waals surface area contributed by atoms with Crippen LogP contribution in [0.2, 0.25) is 0 Å². The average Bonchev–Trinajstić information content (AvgIpc) is 2.51. The molecular formula is C16H17F3N4O. The van der Waals surface area contributed by atoms with Crippen molar-refractivity contribution >= 4 is 11.9 Å². The topological polar surface area (TPSA) is 58.1 Å². The van der Waals surface area contributed by atoms with E-state index in [1.54, 1.807) is 32.0 Å². The van der Waals surface area contributed by atoms with Gasteiger partial charge in [0.25, 0.3) is 5.91 Å². The monoisotopic (exact) mass is 338 g/mol. The number of halogens is 3. The Morgan fingerprint density at radius 2 is 1.92 bits per heavy atom. The minimum absolute atomic E-state index is 0.0524. The van der Waals surface area contributed by atoms with E-state index < -0.39 is 17.6 Å². The quantitative estimate of drug-likeness (QED) is 0.931. The third-order valence-electron chi connectivity index (χ3n) is 3.18. The Bertz CT molecular complexity index is 744.